The summed E-state index contributed by atoms with van der Waals surface area (Å²) in [5.41, 5.74) is 0.549. The molecule has 1 aliphatic heterocycles. The summed E-state index contributed by atoms with van der Waals surface area (Å²) < 4.78 is 1.73. The maximum Gasteiger partial charge on any atom is 0.199 e. The number of hydrogen-bond donors (Lipinski definition) is 1. The van der Waals surface area contributed by atoms with E-state index in [4.69, 9.17) is 11.6 Å². The lowest BCUT2D eigenvalue weighted by molar-refractivity contribution is 0.0929. The standard InChI is InChI=1S/C14H23ClN4O/c1-18(2)8-9-19-13(11(15)10-17-19)14(20)12-6-4-3-5-7-16-12/h10,12,16H,3-9H2,1-2H3. The van der Waals surface area contributed by atoms with Crippen molar-refractivity contribution in [2.24, 2.45) is 0 Å². The fourth-order valence-electron chi connectivity index (χ4n) is 2.49. The summed E-state index contributed by atoms with van der Waals surface area (Å²) in [5.74, 6) is 0.0770. The van der Waals surface area contributed by atoms with Crippen LogP contribution in [0.4, 0.5) is 0 Å². The molecule has 1 aliphatic rings. The molecule has 0 amide bonds. The largest absolute Gasteiger partial charge is 0.308 e. The summed E-state index contributed by atoms with van der Waals surface area (Å²) in [7, 11) is 4.00. The van der Waals surface area contributed by atoms with E-state index in [0.29, 0.717) is 17.3 Å². The van der Waals surface area contributed by atoms with Gasteiger partial charge in [0.25, 0.3) is 0 Å². The number of hydrogen-bond acceptors (Lipinski definition) is 4. The van der Waals surface area contributed by atoms with Crippen LogP contribution in [-0.4, -0.2) is 53.7 Å². The summed E-state index contributed by atoms with van der Waals surface area (Å²) in [6.07, 6.45) is 5.86. The first-order chi connectivity index (χ1) is 9.59. The van der Waals surface area contributed by atoms with Gasteiger partial charge in [-0.15, -0.1) is 0 Å². The van der Waals surface area contributed by atoms with Crippen LogP contribution in [0.2, 0.25) is 5.02 Å². The Balaban J connectivity index is 2.13. The van der Waals surface area contributed by atoms with E-state index in [1.165, 1.54) is 6.42 Å². The lowest BCUT2D eigenvalue weighted by Gasteiger charge is -2.17. The highest BCUT2D eigenvalue weighted by atomic mass is 35.5. The predicted molar refractivity (Wildman–Crippen MR) is 80.4 cm³/mol. The van der Waals surface area contributed by atoms with Crippen LogP contribution in [0.25, 0.3) is 0 Å². The van der Waals surface area contributed by atoms with E-state index in [0.717, 1.165) is 32.4 Å². The number of aromatic nitrogens is 2. The van der Waals surface area contributed by atoms with Gasteiger partial charge in [0.15, 0.2) is 5.78 Å². The van der Waals surface area contributed by atoms with Crippen LogP contribution >= 0.6 is 11.6 Å². The van der Waals surface area contributed by atoms with Crippen molar-refractivity contribution < 1.29 is 4.79 Å². The van der Waals surface area contributed by atoms with Crippen molar-refractivity contribution in [2.75, 3.05) is 27.2 Å². The number of ketones is 1. The highest BCUT2D eigenvalue weighted by Gasteiger charge is 2.26. The molecular weight excluding hydrogens is 276 g/mol. The zero-order valence-electron chi connectivity index (χ0n) is 12.2. The Kier molecular flexibility index (Phi) is 5.57. The second-order valence-electron chi connectivity index (χ2n) is 5.59. The lowest BCUT2D eigenvalue weighted by atomic mass is 10.0. The Labute approximate surface area is 125 Å². The maximum absolute atomic E-state index is 12.7. The van der Waals surface area contributed by atoms with Gasteiger partial charge in [-0.3, -0.25) is 9.48 Å². The average molecular weight is 299 g/mol. The first kappa shape index (κ1) is 15.5. The lowest BCUT2D eigenvalue weighted by Crippen LogP contribution is -2.37. The highest BCUT2D eigenvalue weighted by molar-refractivity contribution is 6.33. The highest BCUT2D eigenvalue weighted by Crippen LogP contribution is 2.20. The fraction of sp³-hybridized carbons (Fsp3) is 0.714. The van der Waals surface area contributed by atoms with Crippen molar-refractivity contribution >= 4 is 17.4 Å². The van der Waals surface area contributed by atoms with E-state index in [1.807, 2.05) is 14.1 Å². The van der Waals surface area contributed by atoms with Crippen LogP contribution in [0.5, 0.6) is 0 Å². The van der Waals surface area contributed by atoms with E-state index < -0.39 is 0 Å². The molecule has 1 aromatic rings. The third-order valence-electron chi connectivity index (χ3n) is 3.66. The van der Waals surface area contributed by atoms with E-state index in [-0.39, 0.29) is 11.8 Å². The third-order valence-corrected chi connectivity index (χ3v) is 3.94. The zero-order chi connectivity index (χ0) is 14.5. The van der Waals surface area contributed by atoms with Crippen molar-refractivity contribution in [3.05, 3.63) is 16.9 Å². The maximum atomic E-state index is 12.7. The van der Waals surface area contributed by atoms with Gasteiger partial charge in [0.05, 0.1) is 23.8 Å². The number of likely N-dealkylation sites (N-methyl/N-ethyl adjacent to an activating group) is 1. The Morgan fingerprint density at radius 2 is 2.30 bits per heavy atom. The van der Waals surface area contributed by atoms with Crippen molar-refractivity contribution in [1.29, 1.82) is 0 Å². The van der Waals surface area contributed by atoms with Gasteiger partial charge in [0.2, 0.25) is 0 Å². The molecule has 0 radical (unpaired) electrons. The average Bonchev–Trinajstić information content (AvgIpc) is 2.64. The minimum atomic E-state index is -0.121. The molecule has 2 heterocycles. The molecule has 1 atom stereocenters. The Morgan fingerprint density at radius 3 is 3.05 bits per heavy atom. The first-order valence-electron chi connectivity index (χ1n) is 7.23. The van der Waals surface area contributed by atoms with Gasteiger partial charge < -0.3 is 10.2 Å². The van der Waals surface area contributed by atoms with Crippen LogP contribution in [0.3, 0.4) is 0 Å². The minimum Gasteiger partial charge on any atom is -0.308 e. The summed E-state index contributed by atoms with van der Waals surface area (Å²) in [5, 5.41) is 8.02. The normalized spacial score (nSPS) is 20.1. The van der Waals surface area contributed by atoms with Crippen molar-refractivity contribution in [2.45, 2.75) is 38.3 Å². The molecule has 1 unspecified atom stereocenters. The second-order valence-corrected chi connectivity index (χ2v) is 6.00. The quantitative estimate of drug-likeness (QED) is 0.843. The van der Waals surface area contributed by atoms with Gasteiger partial charge in [-0.25, -0.2) is 0 Å². The molecular formula is C14H23ClN4O. The molecule has 1 saturated heterocycles. The van der Waals surface area contributed by atoms with Crippen LogP contribution < -0.4 is 5.32 Å². The molecule has 112 valence electrons. The van der Waals surface area contributed by atoms with E-state index in [2.05, 4.69) is 15.3 Å². The molecule has 0 spiro atoms. The van der Waals surface area contributed by atoms with Gasteiger partial charge >= 0.3 is 0 Å². The Hall–Kier alpha value is -0.910. The van der Waals surface area contributed by atoms with E-state index in [9.17, 15) is 4.79 Å². The molecule has 2 rings (SSSR count). The van der Waals surface area contributed by atoms with E-state index >= 15 is 0 Å². The van der Waals surface area contributed by atoms with Crippen molar-refractivity contribution in [1.82, 2.24) is 20.0 Å². The minimum absolute atomic E-state index is 0.0770. The fourth-order valence-corrected chi connectivity index (χ4v) is 2.72. The van der Waals surface area contributed by atoms with Gasteiger partial charge in [-0.1, -0.05) is 24.4 Å². The molecule has 0 bridgehead atoms. The van der Waals surface area contributed by atoms with Gasteiger partial charge in [0, 0.05) is 6.54 Å². The monoisotopic (exact) mass is 298 g/mol. The van der Waals surface area contributed by atoms with Crippen molar-refractivity contribution in [3.8, 4) is 0 Å². The smallest absolute Gasteiger partial charge is 0.199 e. The SMILES string of the molecule is CN(C)CCn1ncc(Cl)c1C(=O)C1CCCCCN1. The summed E-state index contributed by atoms with van der Waals surface area (Å²) >= 11 is 6.17. The number of carbonyl (C=O) groups is 1. The van der Waals surface area contributed by atoms with Gasteiger partial charge in [0.1, 0.15) is 5.69 Å². The molecule has 0 aliphatic carbocycles. The Morgan fingerprint density at radius 1 is 1.50 bits per heavy atom. The molecule has 20 heavy (non-hydrogen) atoms. The molecule has 0 aromatic carbocycles. The zero-order valence-corrected chi connectivity index (χ0v) is 13.0. The topological polar surface area (TPSA) is 50.2 Å². The third kappa shape index (κ3) is 3.81. The summed E-state index contributed by atoms with van der Waals surface area (Å²) in [6.45, 7) is 2.41. The van der Waals surface area contributed by atoms with Crippen LogP contribution in [-0.2, 0) is 6.54 Å². The summed E-state index contributed by atoms with van der Waals surface area (Å²) in [4.78, 5) is 14.7. The second kappa shape index (κ2) is 7.20. The Bertz CT molecular complexity index is 450. The number of nitrogens with one attached hydrogen (secondary N) is 1. The number of Topliss-reactive ketones (excluding diaryl/α,β-unsaturated/α-hetero) is 1. The summed E-state index contributed by atoms with van der Waals surface area (Å²) in [6, 6.07) is -0.121. The molecule has 6 heteroatoms. The van der Waals surface area contributed by atoms with Gasteiger partial charge in [-0.2, -0.15) is 5.10 Å². The van der Waals surface area contributed by atoms with Crippen LogP contribution in [0, 0.1) is 0 Å². The van der Waals surface area contributed by atoms with Crippen molar-refractivity contribution in [3.63, 3.8) is 0 Å². The number of carbonyl (C=O) groups excluding carboxylic acids is 1. The molecule has 0 saturated carbocycles. The number of halogens is 1. The molecule has 1 fully saturated rings. The van der Waals surface area contributed by atoms with E-state index in [1.54, 1.807) is 10.9 Å². The molecule has 1 N–H and O–H groups in total. The van der Waals surface area contributed by atoms with Gasteiger partial charge in [-0.05, 0) is 33.5 Å². The predicted octanol–water partition coefficient (Wildman–Crippen LogP) is 1.81. The van der Waals surface area contributed by atoms with Crippen LogP contribution in [0.15, 0.2) is 6.20 Å². The molecule has 5 nitrogen and oxygen atoms in total. The number of rotatable bonds is 5. The van der Waals surface area contributed by atoms with Crippen LogP contribution in [0.1, 0.15) is 36.2 Å². The first-order valence-corrected chi connectivity index (χ1v) is 7.61. The number of nitrogens with zero attached hydrogens (tertiary/aromatic N) is 3. The molecule has 1 aromatic heterocycles.